The first kappa shape index (κ1) is 14.9. The van der Waals surface area contributed by atoms with Crippen LogP contribution in [0.15, 0.2) is 28.7 Å². The van der Waals surface area contributed by atoms with E-state index < -0.39 is 0 Å². The molecule has 0 aromatic heterocycles. The number of benzene rings is 1. The molecule has 0 amide bonds. The van der Waals surface area contributed by atoms with E-state index in [0.717, 1.165) is 42.3 Å². The van der Waals surface area contributed by atoms with Crippen LogP contribution in [0.1, 0.15) is 37.4 Å². The Morgan fingerprint density at radius 1 is 1.25 bits per heavy atom. The van der Waals surface area contributed by atoms with Crippen LogP contribution in [-0.4, -0.2) is 28.8 Å². The molecule has 4 heteroatoms. The molecule has 1 N–H and O–H groups in total. The van der Waals surface area contributed by atoms with Crippen molar-refractivity contribution in [3.8, 4) is 0 Å². The van der Waals surface area contributed by atoms with Crippen molar-refractivity contribution in [2.24, 2.45) is 5.92 Å². The summed E-state index contributed by atoms with van der Waals surface area (Å²) in [5.41, 5.74) is 1.07. The molecule has 1 spiro atoms. The SMILES string of the molecule is OC(c1ccc(Br)cc1)C1CCOC2(CCSCC2)C1. The average Bonchev–Trinajstić information content (AvgIpc) is 2.48. The summed E-state index contributed by atoms with van der Waals surface area (Å²) in [6.07, 6.45) is 3.89. The molecule has 20 heavy (non-hydrogen) atoms. The van der Waals surface area contributed by atoms with Crippen LogP contribution >= 0.6 is 27.7 Å². The Morgan fingerprint density at radius 2 is 1.95 bits per heavy atom. The van der Waals surface area contributed by atoms with Crippen molar-refractivity contribution in [3.63, 3.8) is 0 Å². The highest BCUT2D eigenvalue weighted by Crippen LogP contribution is 2.43. The highest BCUT2D eigenvalue weighted by atomic mass is 79.9. The largest absolute Gasteiger partial charge is 0.388 e. The van der Waals surface area contributed by atoms with E-state index in [1.807, 2.05) is 36.0 Å². The van der Waals surface area contributed by atoms with Crippen molar-refractivity contribution in [2.45, 2.75) is 37.4 Å². The van der Waals surface area contributed by atoms with Crippen molar-refractivity contribution in [1.82, 2.24) is 0 Å². The summed E-state index contributed by atoms with van der Waals surface area (Å²) in [4.78, 5) is 0. The standard InChI is InChI=1S/C16H21BrO2S/c17-14-3-1-12(2-4-14)15(18)13-5-8-19-16(11-13)6-9-20-10-7-16/h1-4,13,15,18H,5-11H2. The van der Waals surface area contributed by atoms with E-state index in [2.05, 4.69) is 15.9 Å². The Bertz CT molecular complexity index is 437. The first-order valence-electron chi connectivity index (χ1n) is 7.34. The molecule has 1 aromatic carbocycles. The molecule has 0 aliphatic carbocycles. The van der Waals surface area contributed by atoms with E-state index in [9.17, 15) is 5.11 Å². The van der Waals surface area contributed by atoms with Crippen LogP contribution in [0.3, 0.4) is 0 Å². The molecule has 0 saturated carbocycles. The summed E-state index contributed by atoms with van der Waals surface area (Å²) < 4.78 is 7.17. The van der Waals surface area contributed by atoms with Gasteiger partial charge in [-0.05, 0) is 60.8 Å². The van der Waals surface area contributed by atoms with Gasteiger partial charge in [0.05, 0.1) is 11.7 Å². The van der Waals surface area contributed by atoms with E-state index in [0.29, 0.717) is 5.92 Å². The van der Waals surface area contributed by atoms with E-state index in [1.165, 1.54) is 11.5 Å². The number of halogens is 1. The van der Waals surface area contributed by atoms with Gasteiger partial charge in [0.15, 0.2) is 0 Å². The molecule has 110 valence electrons. The lowest BCUT2D eigenvalue weighted by Crippen LogP contribution is -2.44. The summed E-state index contributed by atoms with van der Waals surface area (Å²) in [5, 5.41) is 10.7. The van der Waals surface area contributed by atoms with Gasteiger partial charge in [0.1, 0.15) is 0 Å². The van der Waals surface area contributed by atoms with Gasteiger partial charge in [-0.1, -0.05) is 28.1 Å². The monoisotopic (exact) mass is 356 g/mol. The van der Waals surface area contributed by atoms with Gasteiger partial charge in [0.2, 0.25) is 0 Å². The number of rotatable bonds is 2. The number of thioether (sulfide) groups is 1. The molecule has 2 aliphatic rings. The zero-order valence-corrected chi connectivity index (χ0v) is 14.0. The second kappa shape index (κ2) is 6.39. The molecule has 2 unspecified atom stereocenters. The highest BCUT2D eigenvalue weighted by Gasteiger charge is 2.40. The quantitative estimate of drug-likeness (QED) is 0.861. The molecule has 3 rings (SSSR count). The second-order valence-electron chi connectivity index (χ2n) is 5.89. The van der Waals surface area contributed by atoms with E-state index >= 15 is 0 Å². The van der Waals surface area contributed by atoms with Gasteiger partial charge in [0.25, 0.3) is 0 Å². The third-order valence-corrected chi connectivity index (χ3v) is 6.11. The van der Waals surface area contributed by atoms with Gasteiger partial charge in [-0.25, -0.2) is 0 Å². The molecular weight excluding hydrogens is 336 g/mol. The van der Waals surface area contributed by atoms with Crippen molar-refractivity contribution >= 4 is 27.7 Å². The van der Waals surface area contributed by atoms with Gasteiger partial charge in [-0.15, -0.1) is 0 Å². The normalized spacial score (nSPS) is 27.4. The Kier molecular flexibility index (Phi) is 4.75. The van der Waals surface area contributed by atoms with Crippen molar-refractivity contribution in [3.05, 3.63) is 34.3 Å². The molecule has 2 aliphatic heterocycles. The third-order valence-electron chi connectivity index (χ3n) is 4.59. The maximum atomic E-state index is 10.7. The number of hydrogen-bond donors (Lipinski definition) is 1. The van der Waals surface area contributed by atoms with E-state index in [4.69, 9.17) is 4.74 Å². The fourth-order valence-electron chi connectivity index (χ4n) is 3.36. The van der Waals surface area contributed by atoms with Gasteiger partial charge in [-0.3, -0.25) is 0 Å². The van der Waals surface area contributed by atoms with Gasteiger partial charge in [-0.2, -0.15) is 11.8 Å². The van der Waals surface area contributed by atoms with E-state index in [-0.39, 0.29) is 11.7 Å². The average molecular weight is 357 g/mol. The maximum Gasteiger partial charge on any atom is 0.0820 e. The van der Waals surface area contributed by atoms with Crippen LogP contribution in [0.5, 0.6) is 0 Å². The smallest absolute Gasteiger partial charge is 0.0820 e. The van der Waals surface area contributed by atoms with Crippen molar-refractivity contribution < 1.29 is 9.84 Å². The number of hydrogen-bond acceptors (Lipinski definition) is 3. The minimum absolute atomic E-state index is 0.0461. The van der Waals surface area contributed by atoms with Crippen LogP contribution in [0, 0.1) is 5.92 Å². The first-order chi connectivity index (χ1) is 9.69. The lowest BCUT2D eigenvalue weighted by molar-refractivity contribution is -0.121. The summed E-state index contributed by atoms with van der Waals surface area (Å²) in [6.45, 7) is 0.795. The van der Waals surface area contributed by atoms with Gasteiger partial charge in [0, 0.05) is 11.1 Å². The fraction of sp³-hybridized carbons (Fsp3) is 0.625. The Morgan fingerprint density at radius 3 is 2.65 bits per heavy atom. The minimum atomic E-state index is -0.363. The topological polar surface area (TPSA) is 29.5 Å². The minimum Gasteiger partial charge on any atom is -0.388 e. The van der Waals surface area contributed by atoms with Crippen LogP contribution in [0.25, 0.3) is 0 Å². The van der Waals surface area contributed by atoms with Gasteiger partial charge < -0.3 is 9.84 Å². The first-order valence-corrected chi connectivity index (χ1v) is 9.29. The number of aliphatic hydroxyl groups excluding tert-OH is 1. The molecule has 2 heterocycles. The summed E-state index contributed by atoms with van der Waals surface area (Å²) in [6, 6.07) is 8.05. The summed E-state index contributed by atoms with van der Waals surface area (Å²) in [5.74, 6) is 2.72. The Balaban J connectivity index is 1.71. The summed E-state index contributed by atoms with van der Waals surface area (Å²) in [7, 11) is 0. The van der Waals surface area contributed by atoms with Gasteiger partial charge >= 0.3 is 0 Å². The predicted molar refractivity (Wildman–Crippen MR) is 87.1 cm³/mol. The third kappa shape index (κ3) is 3.24. The maximum absolute atomic E-state index is 10.7. The van der Waals surface area contributed by atoms with Crippen molar-refractivity contribution in [2.75, 3.05) is 18.1 Å². The molecule has 0 bridgehead atoms. The Hall–Kier alpha value is -0.0300. The van der Waals surface area contributed by atoms with Crippen LogP contribution < -0.4 is 0 Å². The van der Waals surface area contributed by atoms with E-state index in [1.54, 1.807) is 0 Å². The molecule has 2 nitrogen and oxygen atoms in total. The Labute approximate surface area is 133 Å². The van der Waals surface area contributed by atoms with Crippen LogP contribution in [0.2, 0.25) is 0 Å². The zero-order chi connectivity index (χ0) is 14.0. The molecule has 2 fully saturated rings. The summed E-state index contributed by atoms with van der Waals surface area (Å²) >= 11 is 5.47. The highest BCUT2D eigenvalue weighted by molar-refractivity contribution is 9.10. The fourth-order valence-corrected chi connectivity index (χ4v) is 4.86. The van der Waals surface area contributed by atoms with Crippen LogP contribution in [-0.2, 0) is 4.74 Å². The van der Waals surface area contributed by atoms with Crippen molar-refractivity contribution in [1.29, 1.82) is 0 Å². The molecule has 1 aromatic rings. The molecule has 2 saturated heterocycles. The molecule has 0 radical (unpaired) electrons. The zero-order valence-electron chi connectivity index (χ0n) is 11.6. The number of ether oxygens (including phenoxy) is 1. The molecular formula is C16H21BrO2S. The lowest BCUT2D eigenvalue weighted by Gasteiger charge is -2.44. The predicted octanol–water partition coefficient (Wildman–Crippen LogP) is 4.17. The second-order valence-corrected chi connectivity index (χ2v) is 8.03. The van der Waals surface area contributed by atoms with Crippen LogP contribution in [0.4, 0.5) is 0 Å². The molecule has 2 atom stereocenters. The lowest BCUT2D eigenvalue weighted by atomic mass is 9.78. The number of aliphatic hydroxyl groups is 1.